The second-order valence-corrected chi connectivity index (χ2v) is 11.9. The fraction of sp³-hybridized carbons (Fsp3) is 0.500. The number of rotatable bonds is 1. The van der Waals surface area contributed by atoms with Gasteiger partial charge < -0.3 is 25.0 Å². The van der Waals surface area contributed by atoms with E-state index in [-0.39, 0.29) is 30.5 Å². The van der Waals surface area contributed by atoms with Crippen LogP contribution < -0.4 is 10.6 Å². The number of hydrogen-bond acceptors (Lipinski definition) is 9. The summed E-state index contributed by atoms with van der Waals surface area (Å²) in [5, 5.41) is 12.6. The van der Waals surface area contributed by atoms with Crippen LogP contribution in [-0.4, -0.2) is 81.0 Å². The first-order valence-electron chi connectivity index (χ1n) is 13.8. The van der Waals surface area contributed by atoms with Gasteiger partial charge >= 0.3 is 6.09 Å². The third-order valence-electron chi connectivity index (χ3n) is 6.74. The molecule has 0 radical (unpaired) electrons. The van der Waals surface area contributed by atoms with Crippen LogP contribution >= 0.6 is 11.3 Å². The van der Waals surface area contributed by atoms with Crippen molar-refractivity contribution in [1.82, 2.24) is 30.0 Å². The number of aromatic nitrogens is 4. The summed E-state index contributed by atoms with van der Waals surface area (Å²) in [6.45, 7) is 7.52. The minimum atomic E-state index is -0.654. The number of ether oxygens (including phenoxy) is 2. The lowest BCUT2D eigenvalue weighted by molar-refractivity contribution is 0.0248. The quantitative estimate of drug-likeness (QED) is 0.441. The molecule has 5 rings (SSSR count). The van der Waals surface area contributed by atoms with Gasteiger partial charge in [-0.2, -0.15) is 5.10 Å². The number of carbonyl (C=O) groups is 3. The molecule has 41 heavy (non-hydrogen) atoms. The molecule has 3 aromatic heterocycles. The number of pyridine rings is 1. The summed E-state index contributed by atoms with van der Waals surface area (Å²) < 4.78 is 12.8. The third kappa shape index (κ3) is 7.27. The summed E-state index contributed by atoms with van der Waals surface area (Å²) in [5.41, 5.74) is 1.71. The Hall–Kier alpha value is -3.84. The molecule has 4 bridgehead atoms. The van der Waals surface area contributed by atoms with Gasteiger partial charge in [-0.25, -0.2) is 9.78 Å². The molecule has 0 aliphatic carbocycles. The summed E-state index contributed by atoms with van der Waals surface area (Å²) in [6.07, 6.45) is 5.75. The number of carbonyl (C=O) groups excluding carboxylic acids is 3. The summed E-state index contributed by atoms with van der Waals surface area (Å²) in [7, 11) is 0. The van der Waals surface area contributed by atoms with E-state index in [2.05, 4.69) is 25.7 Å². The molecular weight excluding hydrogens is 546 g/mol. The van der Waals surface area contributed by atoms with Crippen LogP contribution in [0.15, 0.2) is 29.9 Å². The molecule has 0 aromatic carbocycles. The molecule has 0 saturated carbocycles. The average molecular weight is 582 g/mol. The van der Waals surface area contributed by atoms with Gasteiger partial charge in [-0.15, -0.1) is 11.3 Å². The zero-order chi connectivity index (χ0) is 29.0. The lowest BCUT2D eigenvalue weighted by Gasteiger charge is -2.27. The Bertz CT molecular complexity index is 1410. The van der Waals surface area contributed by atoms with E-state index in [9.17, 15) is 14.4 Å². The van der Waals surface area contributed by atoms with Crippen LogP contribution in [0.5, 0.6) is 0 Å². The van der Waals surface area contributed by atoms with Crippen molar-refractivity contribution in [1.29, 1.82) is 0 Å². The van der Waals surface area contributed by atoms with Crippen molar-refractivity contribution in [3.8, 4) is 10.6 Å². The molecule has 0 atom stereocenters. The predicted molar refractivity (Wildman–Crippen MR) is 153 cm³/mol. The van der Waals surface area contributed by atoms with E-state index in [0.29, 0.717) is 43.3 Å². The summed E-state index contributed by atoms with van der Waals surface area (Å²) in [5.74, 6) is -0.880. The van der Waals surface area contributed by atoms with Gasteiger partial charge in [0.1, 0.15) is 16.3 Å². The van der Waals surface area contributed by atoms with Gasteiger partial charge in [0.25, 0.3) is 11.8 Å². The van der Waals surface area contributed by atoms with Crippen LogP contribution in [0.25, 0.3) is 10.6 Å². The predicted octanol–water partition coefficient (Wildman–Crippen LogP) is 3.92. The first-order chi connectivity index (χ1) is 19.7. The van der Waals surface area contributed by atoms with Crippen molar-refractivity contribution in [3.63, 3.8) is 0 Å². The van der Waals surface area contributed by atoms with Crippen molar-refractivity contribution in [3.05, 3.63) is 47.0 Å². The Morgan fingerprint density at radius 1 is 1.17 bits per heavy atom. The molecule has 2 aliphatic rings. The summed E-state index contributed by atoms with van der Waals surface area (Å²) in [4.78, 5) is 50.1. The van der Waals surface area contributed by atoms with E-state index >= 15 is 0 Å². The first kappa shape index (κ1) is 28.7. The maximum absolute atomic E-state index is 13.3. The fourth-order valence-corrected chi connectivity index (χ4v) is 5.49. The van der Waals surface area contributed by atoms with E-state index < -0.39 is 23.5 Å². The molecule has 12 nitrogen and oxygen atoms in total. The molecular formula is C28H35N7O5S. The molecule has 3 amide bonds. The minimum absolute atomic E-state index is 0.0528. The molecule has 0 unspecified atom stereocenters. The highest BCUT2D eigenvalue weighted by molar-refractivity contribution is 7.13. The highest BCUT2D eigenvalue weighted by Crippen LogP contribution is 2.27. The van der Waals surface area contributed by atoms with Crippen LogP contribution in [-0.2, 0) is 15.9 Å². The highest BCUT2D eigenvalue weighted by Gasteiger charge is 2.26. The van der Waals surface area contributed by atoms with E-state index in [0.717, 1.165) is 24.1 Å². The van der Waals surface area contributed by atoms with Gasteiger partial charge in [0.05, 0.1) is 11.7 Å². The monoisotopic (exact) mass is 581 g/mol. The molecule has 1 fully saturated rings. The smallest absolute Gasteiger partial charge is 0.410 e. The third-order valence-corrected chi connectivity index (χ3v) is 7.63. The average Bonchev–Trinajstić information content (AvgIpc) is 3.60. The zero-order valence-corrected chi connectivity index (χ0v) is 24.3. The fourth-order valence-electron chi connectivity index (χ4n) is 4.69. The Morgan fingerprint density at radius 3 is 2.76 bits per heavy atom. The van der Waals surface area contributed by atoms with Gasteiger partial charge in [0.2, 0.25) is 0 Å². The maximum atomic E-state index is 13.3. The van der Waals surface area contributed by atoms with Crippen molar-refractivity contribution in [2.75, 3.05) is 38.2 Å². The highest BCUT2D eigenvalue weighted by atomic mass is 32.1. The molecule has 13 heteroatoms. The number of amides is 3. The molecule has 1 saturated heterocycles. The van der Waals surface area contributed by atoms with Crippen molar-refractivity contribution in [2.24, 2.45) is 0 Å². The number of nitrogens with zero attached hydrogens (tertiary/aromatic N) is 5. The second kappa shape index (κ2) is 12.4. The van der Waals surface area contributed by atoms with Gasteiger partial charge in [0.15, 0.2) is 5.69 Å². The van der Waals surface area contributed by atoms with Crippen LogP contribution in [0.2, 0.25) is 0 Å². The molecule has 218 valence electrons. The topological polar surface area (TPSA) is 141 Å². The Labute approximate surface area is 242 Å². The summed E-state index contributed by atoms with van der Waals surface area (Å²) in [6, 6.07) is 3.87. The van der Waals surface area contributed by atoms with Crippen molar-refractivity contribution in [2.45, 2.75) is 58.1 Å². The lowest BCUT2D eigenvalue weighted by atomic mass is 10.1. The molecule has 5 heterocycles. The molecule has 2 aliphatic heterocycles. The van der Waals surface area contributed by atoms with Gasteiger partial charge in [-0.05, 0) is 58.6 Å². The lowest BCUT2D eigenvalue weighted by Crippen LogP contribution is -2.42. The Morgan fingerprint density at radius 2 is 1.98 bits per heavy atom. The summed E-state index contributed by atoms with van der Waals surface area (Å²) >= 11 is 1.36. The van der Waals surface area contributed by atoms with E-state index in [4.69, 9.17) is 9.47 Å². The number of aryl methyl sites for hydroxylation is 1. The van der Waals surface area contributed by atoms with E-state index in [1.54, 1.807) is 27.4 Å². The van der Waals surface area contributed by atoms with Crippen LogP contribution in [0.4, 0.5) is 10.5 Å². The van der Waals surface area contributed by atoms with Gasteiger partial charge in [-0.1, -0.05) is 0 Å². The van der Waals surface area contributed by atoms with E-state index in [1.807, 2.05) is 32.9 Å². The van der Waals surface area contributed by atoms with E-state index in [1.165, 1.54) is 11.3 Å². The van der Waals surface area contributed by atoms with Crippen molar-refractivity contribution >= 4 is 34.9 Å². The first-order valence-corrected chi connectivity index (χ1v) is 14.7. The number of hydrogen-bond donors (Lipinski definition) is 2. The second-order valence-electron chi connectivity index (χ2n) is 11.1. The Balaban J connectivity index is 1.45. The number of fused-ring (bicyclic) bond motifs is 6. The van der Waals surface area contributed by atoms with Crippen LogP contribution in [0.3, 0.4) is 0 Å². The van der Waals surface area contributed by atoms with Gasteiger partial charge in [0, 0.05) is 61.9 Å². The Kier molecular flexibility index (Phi) is 8.64. The standard InChI is InChI=1S/C28H35N7O5S/c1-28(2,3)40-27(38)34-11-4-5-19-15-18(6-9-29-19)26-32-22(17-41-26)24(36)31-21-16-35(20-7-13-39-14-8-20)33-23(21)25(37)30-10-12-34/h6,9,15-17,20H,4-5,7-8,10-14H2,1-3H3,(H,30,37)(H,31,36). The molecule has 2 N–H and O–H groups in total. The van der Waals surface area contributed by atoms with Gasteiger partial charge in [-0.3, -0.25) is 19.3 Å². The number of nitrogens with one attached hydrogen (secondary N) is 2. The number of anilines is 1. The normalized spacial score (nSPS) is 17.6. The van der Waals surface area contributed by atoms with Crippen LogP contribution in [0.1, 0.15) is 72.7 Å². The number of thiazole rings is 1. The maximum Gasteiger partial charge on any atom is 0.410 e. The van der Waals surface area contributed by atoms with Crippen molar-refractivity contribution < 1.29 is 23.9 Å². The SMILES string of the molecule is CC(C)(C)OC(=O)N1CCCc2cc(ccn2)-c2nc(cs2)C(=O)Nc2cn(C3CCOCC3)nc2C(=O)NCC1. The molecule has 0 spiro atoms. The largest absolute Gasteiger partial charge is 0.444 e. The molecule has 3 aromatic rings. The van der Waals surface area contributed by atoms with Crippen LogP contribution in [0, 0.1) is 0 Å². The minimum Gasteiger partial charge on any atom is -0.444 e. The zero-order valence-electron chi connectivity index (χ0n) is 23.5.